The second kappa shape index (κ2) is 12.6. The first-order valence-electron chi connectivity index (χ1n) is 11.8. The van der Waals surface area contributed by atoms with Crippen molar-refractivity contribution in [3.8, 4) is 5.75 Å². The predicted molar refractivity (Wildman–Crippen MR) is 142 cm³/mol. The summed E-state index contributed by atoms with van der Waals surface area (Å²) in [6, 6.07) is 9.33. The summed E-state index contributed by atoms with van der Waals surface area (Å²) in [6.07, 6.45) is 0.226. The van der Waals surface area contributed by atoms with E-state index in [9.17, 15) is 23.2 Å². The summed E-state index contributed by atoms with van der Waals surface area (Å²) in [4.78, 5) is 41.9. The number of pyridine rings is 1. The summed E-state index contributed by atoms with van der Waals surface area (Å²) >= 11 is 5.80. The maximum Gasteiger partial charge on any atom is 0.306 e. The molecule has 0 aliphatic carbocycles. The van der Waals surface area contributed by atoms with Crippen LogP contribution >= 0.6 is 11.6 Å². The zero-order chi connectivity index (χ0) is 28.7. The van der Waals surface area contributed by atoms with Crippen LogP contribution in [0.2, 0.25) is 5.02 Å². The Hall–Kier alpha value is -4.09. The summed E-state index contributed by atoms with van der Waals surface area (Å²) in [5.74, 6) is -3.48. The molecule has 4 N–H and O–H groups in total. The summed E-state index contributed by atoms with van der Waals surface area (Å²) < 4.78 is 38.8. The van der Waals surface area contributed by atoms with Gasteiger partial charge in [-0.1, -0.05) is 11.6 Å². The van der Waals surface area contributed by atoms with Gasteiger partial charge in [-0.3, -0.25) is 20.1 Å². The Morgan fingerprint density at radius 3 is 2.31 bits per heavy atom. The highest BCUT2D eigenvalue weighted by Crippen LogP contribution is 2.25. The molecular weight excluding hydrogens is 534 g/mol. The van der Waals surface area contributed by atoms with E-state index in [2.05, 4.69) is 15.6 Å². The average molecular weight is 561 g/mol. The largest absolute Gasteiger partial charge is 0.475 e. The first-order valence-corrected chi connectivity index (χ1v) is 12.2. The third-order valence-electron chi connectivity index (χ3n) is 4.96. The Bertz CT molecular complexity index is 1360. The van der Waals surface area contributed by atoms with Crippen LogP contribution in [-0.2, 0) is 9.53 Å². The minimum absolute atomic E-state index is 0.0302. The zero-order valence-electron chi connectivity index (χ0n) is 21.4. The van der Waals surface area contributed by atoms with Crippen molar-refractivity contribution in [3.63, 3.8) is 0 Å². The summed E-state index contributed by atoms with van der Waals surface area (Å²) in [7, 11) is 0. The van der Waals surface area contributed by atoms with Gasteiger partial charge in [0, 0.05) is 18.7 Å². The van der Waals surface area contributed by atoms with Crippen molar-refractivity contribution in [1.82, 2.24) is 4.98 Å². The van der Waals surface area contributed by atoms with Crippen LogP contribution in [0.4, 0.5) is 20.3 Å². The highest BCUT2D eigenvalue weighted by Gasteiger charge is 2.21. The van der Waals surface area contributed by atoms with Gasteiger partial charge in [-0.25, -0.2) is 13.8 Å². The number of halogens is 3. The molecule has 0 aliphatic rings. The molecule has 1 unspecified atom stereocenters. The smallest absolute Gasteiger partial charge is 0.306 e. The number of carbonyl (C=O) groups is 3. The summed E-state index contributed by atoms with van der Waals surface area (Å²) in [6.45, 7) is 5.18. The van der Waals surface area contributed by atoms with E-state index in [4.69, 9.17) is 26.8 Å². The number of nitrogens with one attached hydrogen (secondary N) is 2. The Labute approximate surface area is 228 Å². The molecule has 0 spiro atoms. The number of rotatable bonds is 9. The Morgan fingerprint density at radius 2 is 1.64 bits per heavy atom. The lowest BCUT2D eigenvalue weighted by molar-refractivity contribution is -0.155. The molecule has 2 amide bonds. The van der Waals surface area contributed by atoms with E-state index in [-0.39, 0.29) is 41.2 Å². The normalized spacial score (nSPS) is 11.9. The maximum atomic E-state index is 14.0. The van der Waals surface area contributed by atoms with Crippen LogP contribution in [0.5, 0.6) is 5.75 Å². The van der Waals surface area contributed by atoms with Crippen LogP contribution < -0.4 is 21.1 Å². The Morgan fingerprint density at radius 1 is 0.974 bits per heavy atom. The molecule has 0 saturated heterocycles. The molecule has 0 bridgehead atoms. The van der Waals surface area contributed by atoms with Crippen molar-refractivity contribution < 1.29 is 32.6 Å². The lowest BCUT2D eigenvalue weighted by atomic mass is 10.1. The maximum absolute atomic E-state index is 14.0. The number of aromatic nitrogens is 1. The minimum Gasteiger partial charge on any atom is -0.475 e. The van der Waals surface area contributed by atoms with Crippen molar-refractivity contribution in [2.75, 3.05) is 10.6 Å². The van der Waals surface area contributed by atoms with E-state index >= 15 is 0 Å². The molecule has 3 aromatic rings. The van der Waals surface area contributed by atoms with Crippen LogP contribution in [-0.4, -0.2) is 34.6 Å². The van der Waals surface area contributed by atoms with E-state index in [1.807, 2.05) is 0 Å². The number of anilines is 2. The molecule has 9 nitrogen and oxygen atoms in total. The molecule has 0 fully saturated rings. The van der Waals surface area contributed by atoms with Crippen molar-refractivity contribution in [3.05, 3.63) is 82.5 Å². The first-order chi connectivity index (χ1) is 18.3. The van der Waals surface area contributed by atoms with Gasteiger partial charge in [0.15, 0.2) is 0 Å². The van der Waals surface area contributed by atoms with Gasteiger partial charge in [-0.2, -0.15) is 0 Å². The van der Waals surface area contributed by atoms with Crippen molar-refractivity contribution in [2.24, 2.45) is 5.73 Å². The van der Waals surface area contributed by atoms with Crippen LogP contribution in [0.1, 0.15) is 54.3 Å². The number of amides is 2. The van der Waals surface area contributed by atoms with Gasteiger partial charge in [-0.15, -0.1) is 0 Å². The van der Waals surface area contributed by atoms with Crippen LogP contribution in [0.25, 0.3) is 0 Å². The molecule has 0 saturated carbocycles. The highest BCUT2D eigenvalue weighted by molar-refractivity contribution is 6.30. The number of nitrogens with zero attached hydrogens (tertiary/aromatic N) is 1. The van der Waals surface area contributed by atoms with Crippen LogP contribution in [0.15, 0.2) is 54.7 Å². The zero-order valence-corrected chi connectivity index (χ0v) is 22.1. The van der Waals surface area contributed by atoms with Gasteiger partial charge in [0.2, 0.25) is 0 Å². The van der Waals surface area contributed by atoms with Gasteiger partial charge in [0.1, 0.15) is 35.0 Å². The SMILES string of the molecule is CC(C)(C)OC(=O)CCC(N)Oc1cc(F)ccc1C(=O)Nc1ccc(F)cc1C(=O)Nc1ccc(Cl)cn1. The minimum atomic E-state index is -1.06. The molecule has 0 aliphatic heterocycles. The number of benzene rings is 2. The third kappa shape index (κ3) is 9.01. The van der Waals surface area contributed by atoms with E-state index in [1.54, 1.807) is 20.8 Å². The summed E-state index contributed by atoms with van der Waals surface area (Å²) in [5.41, 5.74) is 4.95. The topological polar surface area (TPSA) is 133 Å². The Kier molecular flexibility index (Phi) is 9.55. The molecule has 1 heterocycles. The number of hydrogen-bond donors (Lipinski definition) is 3. The number of esters is 1. The number of carbonyl (C=O) groups excluding carboxylic acids is 3. The van der Waals surface area contributed by atoms with Gasteiger partial charge < -0.3 is 20.1 Å². The van der Waals surface area contributed by atoms with E-state index < -0.39 is 41.2 Å². The lowest BCUT2D eigenvalue weighted by Crippen LogP contribution is -2.30. The Balaban J connectivity index is 1.76. The number of hydrogen-bond acceptors (Lipinski definition) is 7. The quantitative estimate of drug-likeness (QED) is 0.239. The van der Waals surface area contributed by atoms with Gasteiger partial charge in [-0.05, 0) is 63.2 Å². The molecule has 1 aromatic heterocycles. The van der Waals surface area contributed by atoms with Crippen molar-refractivity contribution in [2.45, 2.75) is 45.4 Å². The molecule has 1 atom stereocenters. The van der Waals surface area contributed by atoms with Crippen molar-refractivity contribution >= 4 is 40.9 Å². The highest BCUT2D eigenvalue weighted by atomic mass is 35.5. The van der Waals surface area contributed by atoms with Crippen LogP contribution in [0, 0.1) is 11.6 Å². The fourth-order valence-corrected chi connectivity index (χ4v) is 3.40. The molecular formula is C27H27ClF2N4O5. The summed E-state index contributed by atoms with van der Waals surface area (Å²) in [5, 5.41) is 5.36. The van der Waals surface area contributed by atoms with Gasteiger partial charge in [0.05, 0.1) is 28.3 Å². The first kappa shape index (κ1) is 29.5. The second-order valence-electron chi connectivity index (χ2n) is 9.38. The molecule has 2 aromatic carbocycles. The standard InChI is InChI=1S/C27H27ClF2N4O5/c1-27(2,3)39-24(35)11-9-22(31)38-21-13-17(30)5-7-18(21)25(36)33-20-8-6-16(29)12-19(20)26(37)34-23-10-4-15(28)14-32-23/h4-8,10,12-14,22H,9,11,31H2,1-3H3,(H,33,36)(H,32,34,37). The van der Waals surface area contributed by atoms with Gasteiger partial charge in [0.25, 0.3) is 11.8 Å². The van der Waals surface area contributed by atoms with E-state index in [0.717, 1.165) is 24.3 Å². The van der Waals surface area contributed by atoms with Gasteiger partial charge >= 0.3 is 5.97 Å². The number of nitrogens with two attached hydrogens (primary N) is 1. The molecule has 12 heteroatoms. The lowest BCUT2D eigenvalue weighted by Gasteiger charge is -2.21. The fourth-order valence-electron chi connectivity index (χ4n) is 3.29. The third-order valence-corrected chi connectivity index (χ3v) is 5.19. The van der Waals surface area contributed by atoms with Crippen LogP contribution in [0.3, 0.4) is 0 Å². The van der Waals surface area contributed by atoms with E-state index in [1.165, 1.54) is 30.5 Å². The molecule has 206 valence electrons. The predicted octanol–water partition coefficient (Wildman–Crippen LogP) is 5.30. The molecule has 39 heavy (non-hydrogen) atoms. The fraction of sp³-hybridized carbons (Fsp3) is 0.259. The van der Waals surface area contributed by atoms with E-state index in [0.29, 0.717) is 5.02 Å². The second-order valence-corrected chi connectivity index (χ2v) is 9.82. The monoisotopic (exact) mass is 560 g/mol. The average Bonchev–Trinajstić information content (AvgIpc) is 2.84. The van der Waals surface area contributed by atoms with Crippen molar-refractivity contribution in [1.29, 1.82) is 0 Å². The molecule has 3 rings (SSSR count). The number of ether oxygens (including phenoxy) is 2. The molecule has 0 radical (unpaired) electrons.